The molecule has 0 aliphatic rings. The Bertz CT molecular complexity index is 540. The molecule has 4 nitrogen and oxygen atoms in total. The highest BCUT2D eigenvalue weighted by atomic mass is 35.5. The van der Waals surface area contributed by atoms with Crippen molar-refractivity contribution < 1.29 is 9.84 Å². The lowest BCUT2D eigenvalue weighted by Crippen LogP contribution is -2.07. The van der Waals surface area contributed by atoms with E-state index in [4.69, 9.17) is 16.3 Å². The second kappa shape index (κ2) is 5.42. The number of rotatable bonds is 4. The quantitative estimate of drug-likeness (QED) is 0.924. The molecule has 0 aliphatic heterocycles. The van der Waals surface area contributed by atoms with Crippen LogP contribution in [0.15, 0.2) is 30.7 Å². The van der Waals surface area contributed by atoms with Gasteiger partial charge in [0.15, 0.2) is 0 Å². The highest BCUT2D eigenvalue weighted by Gasteiger charge is 2.15. The van der Waals surface area contributed by atoms with Gasteiger partial charge < -0.3 is 14.4 Å². The van der Waals surface area contributed by atoms with Gasteiger partial charge in [-0.2, -0.15) is 0 Å². The zero-order valence-corrected chi connectivity index (χ0v) is 11.1. The molecule has 5 heteroatoms. The van der Waals surface area contributed by atoms with Crippen LogP contribution in [0.4, 0.5) is 0 Å². The summed E-state index contributed by atoms with van der Waals surface area (Å²) in [5, 5.41) is 10.8. The minimum absolute atomic E-state index is 0.434. The highest BCUT2D eigenvalue weighted by molar-refractivity contribution is 6.30. The lowest BCUT2D eigenvalue weighted by Gasteiger charge is -2.14. The average molecular weight is 267 g/mol. The molecule has 1 N–H and O–H groups in total. The van der Waals surface area contributed by atoms with Crippen LogP contribution in [0.1, 0.15) is 17.4 Å². The molecule has 0 radical (unpaired) electrons. The van der Waals surface area contributed by atoms with Crippen molar-refractivity contribution in [3.05, 3.63) is 47.0 Å². The van der Waals surface area contributed by atoms with Crippen molar-refractivity contribution in [2.75, 3.05) is 7.11 Å². The van der Waals surface area contributed by atoms with Gasteiger partial charge in [-0.25, -0.2) is 4.98 Å². The van der Waals surface area contributed by atoms with E-state index in [-0.39, 0.29) is 0 Å². The first-order chi connectivity index (χ1) is 8.61. The van der Waals surface area contributed by atoms with Crippen molar-refractivity contribution >= 4 is 11.6 Å². The number of benzene rings is 1. The average Bonchev–Trinajstić information content (AvgIpc) is 2.76. The number of aromatic nitrogens is 2. The van der Waals surface area contributed by atoms with Gasteiger partial charge in [-0.3, -0.25) is 0 Å². The summed E-state index contributed by atoms with van der Waals surface area (Å²) in [5.41, 5.74) is 1.63. The maximum atomic E-state index is 10.2. The van der Waals surface area contributed by atoms with Gasteiger partial charge >= 0.3 is 0 Å². The molecule has 0 bridgehead atoms. The molecule has 0 aliphatic carbocycles. The fraction of sp³-hybridized carbons (Fsp3) is 0.308. The van der Waals surface area contributed by atoms with Crippen LogP contribution in [-0.4, -0.2) is 21.8 Å². The zero-order chi connectivity index (χ0) is 13.1. The van der Waals surface area contributed by atoms with Crippen molar-refractivity contribution in [2.24, 2.45) is 7.05 Å². The van der Waals surface area contributed by atoms with E-state index in [0.29, 0.717) is 11.4 Å². The van der Waals surface area contributed by atoms with Gasteiger partial charge in [-0.05, 0) is 23.8 Å². The zero-order valence-electron chi connectivity index (χ0n) is 10.3. The summed E-state index contributed by atoms with van der Waals surface area (Å²) >= 11 is 5.96. The van der Waals surface area contributed by atoms with Crippen molar-refractivity contribution in [3.63, 3.8) is 0 Å². The number of methoxy groups -OCH3 is 1. The van der Waals surface area contributed by atoms with E-state index in [0.717, 1.165) is 17.0 Å². The van der Waals surface area contributed by atoms with Gasteiger partial charge in [0, 0.05) is 18.5 Å². The Morgan fingerprint density at radius 1 is 1.50 bits per heavy atom. The maximum Gasteiger partial charge on any atom is 0.122 e. The fourth-order valence-corrected chi connectivity index (χ4v) is 2.10. The number of nitrogens with zero attached hydrogens (tertiary/aromatic N) is 2. The van der Waals surface area contributed by atoms with Crippen LogP contribution in [0.5, 0.6) is 5.75 Å². The summed E-state index contributed by atoms with van der Waals surface area (Å²) in [6, 6.07) is 5.37. The first kappa shape index (κ1) is 12.9. The normalized spacial score (nSPS) is 12.4. The number of aliphatic hydroxyl groups is 1. The minimum Gasteiger partial charge on any atom is -0.496 e. The van der Waals surface area contributed by atoms with E-state index >= 15 is 0 Å². The van der Waals surface area contributed by atoms with E-state index in [1.807, 2.05) is 7.05 Å². The molecule has 0 saturated carbocycles. The smallest absolute Gasteiger partial charge is 0.122 e. The third kappa shape index (κ3) is 2.66. The molecule has 1 aromatic heterocycles. The Morgan fingerprint density at radius 3 is 2.89 bits per heavy atom. The van der Waals surface area contributed by atoms with Crippen molar-refractivity contribution in [1.82, 2.24) is 9.55 Å². The molecular weight excluding hydrogens is 252 g/mol. The van der Waals surface area contributed by atoms with E-state index in [9.17, 15) is 5.11 Å². The number of aliphatic hydroxyl groups excluding tert-OH is 1. The molecule has 0 spiro atoms. The molecule has 0 fully saturated rings. The molecule has 1 heterocycles. The largest absolute Gasteiger partial charge is 0.496 e. The van der Waals surface area contributed by atoms with Crippen molar-refractivity contribution in [3.8, 4) is 5.75 Å². The molecular formula is C13H15ClN2O2. The summed E-state index contributed by atoms with van der Waals surface area (Å²) < 4.78 is 7.05. The highest BCUT2D eigenvalue weighted by Crippen LogP contribution is 2.27. The van der Waals surface area contributed by atoms with E-state index in [2.05, 4.69) is 4.98 Å². The topological polar surface area (TPSA) is 47.3 Å². The number of halogens is 1. The van der Waals surface area contributed by atoms with Crippen LogP contribution in [0, 0.1) is 0 Å². The molecule has 0 amide bonds. The van der Waals surface area contributed by atoms with Crippen molar-refractivity contribution in [2.45, 2.75) is 12.5 Å². The number of ether oxygens (including phenoxy) is 1. The third-order valence-corrected chi connectivity index (χ3v) is 3.09. The lowest BCUT2D eigenvalue weighted by atomic mass is 10.0. The Balaban J connectivity index is 2.23. The second-order valence-corrected chi connectivity index (χ2v) is 4.54. The SMILES string of the molecule is COc1ccc(Cl)cc1CC(O)c1cncn1C. The molecule has 1 aromatic carbocycles. The van der Waals surface area contributed by atoms with Gasteiger partial charge in [0.1, 0.15) is 5.75 Å². The number of hydrogen-bond acceptors (Lipinski definition) is 3. The summed E-state index contributed by atoms with van der Waals surface area (Å²) in [7, 11) is 3.45. The first-order valence-electron chi connectivity index (χ1n) is 5.58. The van der Waals surface area contributed by atoms with Gasteiger partial charge in [0.25, 0.3) is 0 Å². The van der Waals surface area contributed by atoms with Crippen LogP contribution >= 0.6 is 11.6 Å². The Hall–Kier alpha value is -1.52. The molecule has 18 heavy (non-hydrogen) atoms. The Kier molecular flexibility index (Phi) is 3.89. The van der Waals surface area contributed by atoms with Gasteiger partial charge in [-0.1, -0.05) is 11.6 Å². The summed E-state index contributed by atoms with van der Waals surface area (Å²) in [6.07, 6.45) is 3.11. The number of imidazole rings is 1. The molecule has 2 aromatic rings. The van der Waals surface area contributed by atoms with E-state index < -0.39 is 6.10 Å². The van der Waals surface area contributed by atoms with Gasteiger partial charge in [0.05, 0.1) is 31.4 Å². The monoisotopic (exact) mass is 266 g/mol. The Morgan fingerprint density at radius 2 is 2.28 bits per heavy atom. The molecule has 2 rings (SSSR count). The summed E-state index contributed by atoms with van der Waals surface area (Å²) in [6.45, 7) is 0. The molecule has 1 atom stereocenters. The second-order valence-electron chi connectivity index (χ2n) is 4.11. The standard InChI is InChI=1S/C13H15ClN2O2/c1-16-8-15-7-11(16)12(17)6-9-5-10(14)3-4-13(9)18-2/h3-5,7-8,12,17H,6H2,1-2H3. The predicted molar refractivity (Wildman–Crippen MR) is 69.9 cm³/mol. The fourth-order valence-electron chi connectivity index (χ4n) is 1.91. The van der Waals surface area contributed by atoms with Gasteiger partial charge in [-0.15, -0.1) is 0 Å². The van der Waals surface area contributed by atoms with E-state index in [1.54, 1.807) is 42.4 Å². The number of aryl methyl sites for hydroxylation is 1. The maximum absolute atomic E-state index is 10.2. The molecule has 0 saturated heterocycles. The lowest BCUT2D eigenvalue weighted by molar-refractivity contribution is 0.169. The predicted octanol–water partition coefficient (Wildman–Crippen LogP) is 2.36. The molecule has 96 valence electrons. The number of hydrogen-bond donors (Lipinski definition) is 1. The van der Waals surface area contributed by atoms with Crippen LogP contribution in [0.3, 0.4) is 0 Å². The van der Waals surface area contributed by atoms with Crippen LogP contribution in [0.2, 0.25) is 5.02 Å². The van der Waals surface area contributed by atoms with Crippen LogP contribution in [0.25, 0.3) is 0 Å². The van der Waals surface area contributed by atoms with Crippen LogP contribution < -0.4 is 4.74 Å². The first-order valence-corrected chi connectivity index (χ1v) is 5.96. The van der Waals surface area contributed by atoms with Crippen molar-refractivity contribution in [1.29, 1.82) is 0 Å². The Labute approximate surface area is 111 Å². The molecule has 1 unspecified atom stereocenters. The summed E-state index contributed by atoms with van der Waals surface area (Å²) in [4.78, 5) is 3.99. The van der Waals surface area contributed by atoms with E-state index in [1.165, 1.54) is 0 Å². The minimum atomic E-state index is -0.634. The van der Waals surface area contributed by atoms with Gasteiger partial charge in [0.2, 0.25) is 0 Å². The summed E-state index contributed by atoms with van der Waals surface area (Å²) in [5.74, 6) is 0.723. The third-order valence-electron chi connectivity index (χ3n) is 2.85. The van der Waals surface area contributed by atoms with Crippen LogP contribution in [-0.2, 0) is 13.5 Å².